The van der Waals surface area contributed by atoms with Crippen LogP contribution in [0.15, 0.2) is 36.4 Å². The summed E-state index contributed by atoms with van der Waals surface area (Å²) in [7, 11) is 0. The predicted octanol–water partition coefficient (Wildman–Crippen LogP) is 4.54. The second-order valence-electron chi connectivity index (χ2n) is 5.40. The van der Waals surface area contributed by atoms with E-state index in [1.807, 2.05) is 0 Å². The number of hydrogen-bond donors (Lipinski definition) is 2. The van der Waals surface area contributed by atoms with Crippen molar-refractivity contribution in [3.05, 3.63) is 47.0 Å². The monoisotopic (exact) mass is 356 g/mol. The molecule has 2 aromatic rings. The molecule has 4 nitrogen and oxygen atoms in total. The Hall–Kier alpha value is -2.41. The number of alkyl halides is 3. The number of carbonyl (C=O) groups excluding carboxylic acids is 1. The maximum absolute atomic E-state index is 12.9. The lowest BCUT2D eigenvalue weighted by Crippen LogP contribution is -2.43. The van der Waals surface area contributed by atoms with Crippen molar-refractivity contribution in [3.63, 3.8) is 0 Å². The van der Waals surface area contributed by atoms with Crippen LogP contribution in [-0.4, -0.2) is 17.1 Å². The van der Waals surface area contributed by atoms with Crippen molar-refractivity contribution in [1.29, 1.82) is 0 Å². The lowest BCUT2D eigenvalue weighted by Gasteiger charge is -2.34. The van der Waals surface area contributed by atoms with E-state index in [0.717, 1.165) is 17.0 Å². The summed E-state index contributed by atoms with van der Waals surface area (Å²) in [6.07, 6.45) is -4.50. The van der Waals surface area contributed by atoms with E-state index < -0.39 is 23.7 Å². The summed E-state index contributed by atoms with van der Waals surface area (Å²) in [5.41, 5.74) is -0.354. The smallest absolute Gasteiger partial charge is 0.416 e. The summed E-state index contributed by atoms with van der Waals surface area (Å²) in [4.78, 5) is 13.7. The molecule has 126 valence electrons. The van der Waals surface area contributed by atoms with Crippen LogP contribution in [0.2, 0.25) is 5.02 Å². The highest BCUT2D eigenvalue weighted by atomic mass is 35.5. The van der Waals surface area contributed by atoms with E-state index in [0.29, 0.717) is 0 Å². The molecule has 1 aliphatic heterocycles. The molecule has 1 heterocycles. The highest BCUT2D eigenvalue weighted by molar-refractivity contribution is 6.31. The molecule has 24 heavy (non-hydrogen) atoms. The molecule has 1 amide bonds. The number of nitrogens with one attached hydrogen (secondary N) is 1. The van der Waals surface area contributed by atoms with Crippen molar-refractivity contribution in [3.8, 4) is 5.75 Å². The third-order valence-electron chi connectivity index (χ3n) is 3.71. The summed E-state index contributed by atoms with van der Waals surface area (Å²) >= 11 is 5.92. The number of carbonyl (C=O) groups is 1. The number of phenolic OH excluding ortho intramolecular Hbond substituents is 1. The van der Waals surface area contributed by atoms with Crippen LogP contribution in [0, 0.1) is 0 Å². The van der Waals surface area contributed by atoms with Gasteiger partial charge in [-0.15, -0.1) is 0 Å². The molecule has 3 rings (SSSR count). The van der Waals surface area contributed by atoms with Gasteiger partial charge in [-0.05, 0) is 43.3 Å². The van der Waals surface area contributed by atoms with E-state index in [-0.39, 0.29) is 27.8 Å². The van der Waals surface area contributed by atoms with Crippen molar-refractivity contribution >= 4 is 34.6 Å². The molecule has 1 atom stereocenters. The minimum absolute atomic E-state index is 0.113. The number of benzene rings is 2. The van der Waals surface area contributed by atoms with Gasteiger partial charge in [-0.25, -0.2) is 0 Å². The first-order valence-electron chi connectivity index (χ1n) is 6.99. The van der Waals surface area contributed by atoms with Gasteiger partial charge in [-0.1, -0.05) is 11.6 Å². The average Bonchev–Trinajstić information content (AvgIpc) is 2.50. The molecule has 0 saturated carbocycles. The van der Waals surface area contributed by atoms with E-state index in [4.69, 9.17) is 11.6 Å². The first-order chi connectivity index (χ1) is 11.2. The molecule has 1 aliphatic rings. The normalized spacial score (nSPS) is 17.5. The van der Waals surface area contributed by atoms with Gasteiger partial charge >= 0.3 is 6.18 Å². The van der Waals surface area contributed by atoms with Crippen LogP contribution in [0.5, 0.6) is 5.75 Å². The van der Waals surface area contributed by atoms with E-state index in [2.05, 4.69) is 5.32 Å². The molecule has 0 spiro atoms. The minimum atomic E-state index is -4.50. The standard InChI is InChI=1S/C16H12ClF3N2O2/c1-8-15(24)22(13-7-10(17)3-5-14(13)23)12-4-2-9(16(18,19)20)6-11(12)21-8/h2-8,21,23H,1H3. The molecule has 0 saturated heterocycles. The van der Waals surface area contributed by atoms with E-state index in [9.17, 15) is 23.1 Å². The molecule has 2 N–H and O–H groups in total. The highest BCUT2D eigenvalue weighted by Crippen LogP contribution is 2.43. The summed E-state index contributed by atoms with van der Waals surface area (Å²) in [5.74, 6) is -0.618. The number of nitrogens with zero attached hydrogens (tertiary/aromatic N) is 1. The van der Waals surface area contributed by atoms with Crippen LogP contribution >= 0.6 is 11.6 Å². The fourth-order valence-electron chi connectivity index (χ4n) is 2.55. The van der Waals surface area contributed by atoms with Crippen molar-refractivity contribution in [1.82, 2.24) is 0 Å². The zero-order chi connectivity index (χ0) is 17.6. The number of phenols is 1. The Morgan fingerprint density at radius 1 is 1.17 bits per heavy atom. The van der Waals surface area contributed by atoms with Crippen LogP contribution < -0.4 is 10.2 Å². The second-order valence-corrected chi connectivity index (χ2v) is 5.84. The van der Waals surface area contributed by atoms with Crippen LogP contribution in [0.4, 0.5) is 30.2 Å². The zero-order valence-corrected chi connectivity index (χ0v) is 13.1. The van der Waals surface area contributed by atoms with Gasteiger partial charge in [0, 0.05) is 5.02 Å². The van der Waals surface area contributed by atoms with Crippen LogP contribution in [0.3, 0.4) is 0 Å². The van der Waals surface area contributed by atoms with Gasteiger partial charge in [-0.2, -0.15) is 13.2 Å². The topological polar surface area (TPSA) is 52.6 Å². The van der Waals surface area contributed by atoms with Gasteiger partial charge in [-0.3, -0.25) is 9.69 Å². The Morgan fingerprint density at radius 3 is 2.54 bits per heavy atom. The van der Waals surface area contributed by atoms with Crippen LogP contribution in [0.25, 0.3) is 0 Å². The van der Waals surface area contributed by atoms with Gasteiger partial charge in [0.05, 0.1) is 22.6 Å². The Kier molecular flexibility index (Phi) is 3.83. The van der Waals surface area contributed by atoms with Crippen LogP contribution in [0.1, 0.15) is 12.5 Å². The van der Waals surface area contributed by atoms with Crippen molar-refractivity contribution in [2.24, 2.45) is 0 Å². The number of fused-ring (bicyclic) bond motifs is 1. The SMILES string of the molecule is CC1Nc2cc(C(F)(F)F)ccc2N(c2cc(Cl)ccc2O)C1=O. The second kappa shape index (κ2) is 5.59. The Bertz CT molecular complexity index is 823. The molecule has 0 aromatic heterocycles. The maximum Gasteiger partial charge on any atom is 0.416 e. The van der Waals surface area contributed by atoms with E-state index in [1.54, 1.807) is 0 Å². The summed E-state index contributed by atoms with van der Waals surface area (Å²) in [5, 5.41) is 13.1. The maximum atomic E-state index is 12.9. The largest absolute Gasteiger partial charge is 0.506 e. The molecule has 0 bridgehead atoms. The summed E-state index contributed by atoms with van der Waals surface area (Å²) in [6, 6.07) is 6.40. The fourth-order valence-corrected chi connectivity index (χ4v) is 2.72. The summed E-state index contributed by atoms with van der Waals surface area (Å²) in [6.45, 7) is 1.53. The molecule has 0 aliphatic carbocycles. The summed E-state index contributed by atoms with van der Waals surface area (Å²) < 4.78 is 38.7. The molecule has 8 heteroatoms. The first kappa shape index (κ1) is 16.4. The quantitative estimate of drug-likeness (QED) is 0.788. The van der Waals surface area contributed by atoms with Crippen LogP contribution in [-0.2, 0) is 11.0 Å². The molecule has 2 aromatic carbocycles. The lowest BCUT2D eigenvalue weighted by atomic mass is 10.1. The number of aromatic hydroxyl groups is 1. The number of halogens is 4. The van der Waals surface area contributed by atoms with Gasteiger partial charge in [0.15, 0.2) is 0 Å². The molecule has 0 radical (unpaired) electrons. The van der Waals surface area contributed by atoms with E-state index >= 15 is 0 Å². The third-order valence-corrected chi connectivity index (χ3v) is 3.94. The van der Waals surface area contributed by atoms with Crippen molar-refractivity contribution in [2.45, 2.75) is 19.1 Å². The van der Waals surface area contributed by atoms with Crippen molar-refractivity contribution in [2.75, 3.05) is 10.2 Å². The minimum Gasteiger partial charge on any atom is -0.506 e. The first-order valence-corrected chi connectivity index (χ1v) is 7.36. The van der Waals surface area contributed by atoms with Gasteiger partial charge in [0.25, 0.3) is 5.91 Å². The Labute approximate surface area is 140 Å². The number of anilines is 3. The molecular weight excluding hydrogens is 345 g/mol. The average molecular weight is 357 g/mol. The number of hydrogen-bond acceptors (Lipinski definition) is 3. The fraction of sp³-hybridized carbons (Fsp3) is 0.188. The van der Waals surface area contributed by atoms with Crippen molar-refractivity contribution < 1.29 is 23.1 Å². The Morgan fingerprint density at radius 2 is 1.88 bits per heavy atom. The van der Waals surface area contributed by atoms with Gasteiger partial charge in [0.2, 0.25) is 0 Å². The van der Waals surface area contributed by atoms with Gasteiger partial charge < -0.3 is 10.4 Å². The molecule has 0 fully saturated rings. The predicted molar refractivity (Wildman–Crippen MR) is 84.8 cm³/mol. The zero-order valence-electron chi connectivity index (χ0n) is 12.4. The Balaban J connectivity index is 2.18. The number of rotatable bonds is 1. The molecular formula is C16H12ClF3N2O2. The highest BCUT2D eigenvalue weighted by Gasteiger charge is 2.36. The third kappa shape index (κ3) is 2.75. The molecule has 1 unspecified atom stereocenters. The van der Waals surface area contributed by atoms with Gasteiger partial charge in [0.1, 0.15) is 11.8 Å². The lowest BCUT2D eigenvalue weighted by molar-refractivity contribution is -0.137. The van der Waals surface area contributed by atoms with E-state index in [1.165, 1.54) is 31.2 Å². The number of amides is 1.